The van der Waals surface area contributed by atoms with E-state index in [0.717, 1.165) is 12.5 Å². The summed E-state index contributed by atoms with van der Waals surface area (Å²) in [5.74, 6) is -0.420. The van der Waals surface area contributed by atoms with E-state index in [1.165, 1.54) is 19.2 Å². The quantitative estimate of drug-likeness (QED) is 0.558. The first-order chi connectivity index (χ1) is 17.5. The monoisotopic (exact) mass is 521 g/mol. The highest BCUT2D eigenvalue weighted by atomic mass is 19.4. The van der Waals surface area contributed by atoms with Crippen molar-refractivity contribution in [3.05, 3.63) is 36.0 Å². The van der Waals surface area contributed by atoms with Crippen LogP contribution in [-0.4, -0.2) is 71.2 Å². The minimum absolute atomic E-state index is 0.0788. The van der Waals surface area contributed by atoms with Gasteiger partial charge < -0.3 is 26.0 Å². The van der Waals surface area contributed by atoms with E-state index in [1.54, 1.807) is 17.0 Å². The predicted molar refractivity (Wildman–Crippen MR) is 134 cm³/mol. The number of hydrogen-bond donors (Lipinski definition) is 3. The van der Waals surface area contributed by atoms with Crippen LogP contribution >= 0.6 is 0 Å². The Morgan fingerprint density at radius 2 is 1.89 bits per heavy atom. The van der Waals surface area contributed by atoms with Gasteiger partial charge >= 0.3 is 6.18 Å². The molecule has 11 heteroatoms. The smallest absolute Gasteiger partial charge is 0.391 e. The SMILES string of the molecule is C[C@H]1C[C@@H](NC(=O)C2CCN(C(=O)[C@@H](N)[C@@H](C)O)CC2)CN(c2ccc(C(F)(F)F)c3ncccc23)C1. The first-order valence-corrected chi connectivity index (χ1v) is 12.7. The molecule has 0 saturated carbocycles. The number of aliphatic hydroxyl groups is 1. The van der Waals surface area contributed by atoms with Gasteiger partial charge in [-0.1, -0.05) is 6.92 Å². The van der Waals surface area contributed by atoms with Crippen LogP contribution in [0.15, 0.2) is 30.5 Å². The molecule has 0 radical (unpaired) electrons. The van der Waals surface area contributed by atoms with Gasteiger partial charge in [-0.05, 0) is 56.4 Å². The molecular formula is C26H34F3N5O3. The molecule has 4 N–H and O–H groups in total. The van der Waals surface area contributed by atoms with Crippen LogP contribution in [0, 0.1) is 11.8 Å². The van der Waals surface area contributed by atoms with Crippen molar-refractivity contribution in [2.75, 3.05) is 31.1 Å². The van der Waals surface area contributed by atoms with Crippen molar-refractivity contribution in [3.63, 3.8) is 0 Å². The first-order valence-electron chi connectivity index (χ1n) is 12.7. The standard InChI is InChI=1S/C26H34F3N5O3/c1-15-12-18(32-24(36)17-7-10-33(11-8-17)25(37)22(30)16(2)35)14-34(13-15)21-6-5-20(26(27,28)29)23-19(21)4-3-9-31-23/h3-6,9,15-18,22,35H,7-8,10-14,30H2,1-2H3,(H,32,36)/t15-,16+,18+,22-/m0/s1. The van der Waals surface area contributed by atoms with Crippen LogP contribution in [0.5, 0.6) is 0 Å². The molecule has 2 aliphatic heterocycles. The van der Waals surface area contributed by atoms with Gasteiger partial charge in [0.2, 0.25) is 11.8 Å². The van der Waals surface area contributed by atoms with Gasteiger partial charge in [0.1, 0.15) is 6.04 Å². The summed E-state index contributed by atoms with van der Waals surface area (Å²) in [5, 5.41) is 13.2. The third-order valence-electron chi connectivity index (χ3n) is 7.38. The Hall–Kier alpha value is -2.92. The molecule has 4 rings (SSSR count). The van der Waals surface area contributed by atoms with Crippen LogP contribution in [0.25, 0.3) is 10.9 Å². The number of pyridine rings is 1. The second-order valence-corrected chi connectivity index (χ2v) is 10.3. The zero-order chi connectivity index (χ0) is 26.9. The largest absolute Gasteiger partial charge is 0.418 e. The van der Waals surface area contributed by atoms with E-state index < -0.39 is 23.9 Å². The number of aromatic nitrogens is 1. The lowest BCUT2D eigenvalue weighted by Gasteiger charge is -2.40. The normalized spacial score (nSPS) is 23.1. The zero-order valence-electron chi connectivity index (χ0n) is 21.0. The maximum absolute atomic E-state index is 13.5. The van der Waals surface area contributed by atoms with Gasteiger partial charge in [-0.25, -0.2) is 0 Å². The molecule has 2 amide bonds. The topological polar surface area (TPSA) is 112 Å². The van der Waals surface area contributed by atoms with Crippen molar-refractivity contribution in [1.82, 2.24) is 15.2 Å². The Kier molecular flexibility index (Phi) is 7.94. The lowest BCUT2D eigenvalue weighted by Crippen LogP contribution is -2.54. The van der Waals surface area contributed by atoms with Gasteiger partial charge in [0.15, 0.2) is 0 Å². The molecule has 0 spiro atoms. The molecule has 0 aliphatic carbocycles. The highest BCUT2D eigenvalue weighted by molar-refractivity contribution is 5.94. The summed E-state index contributed by atoms with van der Waals surface area (Å²) < 4.78 is 40.6. The van der Waals surface area contributed by atoms with Crippen molar-refractivity contribution in [2.24, 2.45) is 17.6 Å². The molecule has 202 valence electrons. The van der Waals surface area contributed by atoms with Crippen LogP contribution in [-0.2, 0) is 15.8 Å². The number of nitrogens with zero attached hydrogens (tertiary/aromatic N) is 3. The number of halogens is 3. The molecule has 8 nitrogen and oxygen atoms in total. The van der Waals surface area contributed by atoms with E-state index in [1.807, 2.05) is 4.90 Å². The molecule has 4 atom stereocenters. The Morgan fingerprint density at radius 1 is 1.19 bits per heavy atom. The van der Waals surface area contributed by atoms with Gasteiger partial charge in [0.25, 0.3) is 0 Å². The molecule has 3 heterocycles. The maximum Gasteiger partial charge on any atom is 0.418 e. The summed E-state index contributed by atoms with van der Waals surface area (Å²) in [5.41, 5.74) is 5.59. The third kappa shape index (κ3) is 5.98. The molecule has 2 saturated heterocycles. The summed E-state index contributed by atoms with van der Waals surface area (Å²) >= 11 is 0. The Bertz CT molecular complexity index is 1130. The summed E-state index contributed by atoms with van der Waals surface area (Å²) in [6.07, 6.45) is -2.31. The highest BCUT2D eigenvalue weighted by Gasteiger charge is 2.36. The number of piperidine rings is 2. The third-order valence-corrected chi connectivity index (χ3v) is 7.38. The Morgan fingerprint density at radius 3 is 2.54 bits per heavy atom. The van der Waals surface area contributed by atoms with Gasteiger partial charge in [0.05, 0.1) is 17.2 Å². The summed E-state index contributed by atoms with van der Waals surface area (Å²) in [7, 11) is 0. The van der Waals surface area contributed by atoms with E-state index in [2.05, 4.69) is 17.2 Å². The molecule has 2 aromatic rings. The average Bonchev–Trinajstić information content (AvgIpc) is 2.86. The van der Waals surface area contributed by atoms with Crippen LogP contribution in [0.1, 0.15) is 38.7 Å². The predicted octanol–water partition coefficient (Wildman–Crippen LogP) is 2.53. The number of aliphatic hydroxyl groups excluding tert-OH is 1. The van der Waals surface area contributed by atoms with Crippen LogP contribution < -0.4 is 16.0 Å². The molecule has 1 aromatic carbocycles. The van der Waals surface area contributed by atoms with Crippen LogP contribution in [0.4, 0.5) is 18.9 Å². The number of amides is 2. The minimum atomic E-state index is -4.50. The second kappa shape index (κ2) is 10.8. The van der Waals surface area contributed by atoms with Gasteiger partial charge in [0, 0.05) is 55.4 Å². The van der Waals surface area contributed by atoms with Crippen LogP contribution in [0.2, 0.25) is 0 Å². The molecular weight excluding hydrogens is 487 g/mol. The van der Waals surface area contributed by atoms with Gasteiger partial charge in [-0.2, -0.15) is 13.2 Å². The number of carbonyl (C=O) groups is 2. The van der Waals surface area contributed by atoms with Crippen molar-refractivity contribution in [2.45, 2.75) is 57.5 Å². The number of benzene rings is 1. The number of likely N-dealkylation sites (tertiary alicyclic amines) is 1. The maximum atomic E-state index is 13.5. The highest BCUT2D eigenvalue weighted by Crippen LogP contribution is 2.38. The summed E-state index contributed by atoms with van der Waals surface area (Å²) in [6, 6.07) is 4.72. The number of fused-ring (bicyclic) bond motifs is 1. The number of nitrogens with one attached hydrogen (secondary N) is 1. The molecule has 1 aromatic heterocycles. The van der Waals surface area contributed by atoms with E-state index in [9.17, 15) is 27.9 Å². The van der Waals surface area contributed by atoms with Crippen molar-refractivity contribution < 1.29 is 27.9 Å². The van der Waals surface area contributed by atoms with Gasteiger partial charge in [-0.15, -0.1) is 0 Å². The van der Waals surface area contributed by atoms with Crippen molar-refractivity contribution in [1.29, 1.82) is 0 Å². The second-order valence-electron chi connectivity index (χ2n) is 10.3. The minimum Gasteiger partial charge on any atom is -0.391 e. The fourth-order valence-corrected chi connectivity index (χ4v) is 5.41. The summed E-state index contributed by atoms with van der Waals surface area (Å²) in [6.45, 7) is 5.47. The number of carbonyl (C=O) groups excluding carboxylic acids is 2. The van der Waals surface area contributed by atoms with Crippen LogP contribution in [0.3, 0.4) is 0 Å². The molecule has 2 aliphatic rings. The lowest BCUT2D eigenvalue weighted by molar-refractivity contribution is -0.138. The first kappa shape index (κ1) is 27.1. The number of nitrogens with two attached hydrogens (primary N) is 1. The molecule has 37 heavy (non-hydrogen) atoms. The molecule has 2 fully saturated rings. The van der Waals surface area contributed by atoms with Crippen molar-refractivity contribution in [3.8, 4) is 0 Å². The zero-order valence-corrected chi connectivity index (χ0v) is 21.0. The number of anilines is 1. The Balaban J connectivity index is 1.43. The average molecular weight is 522 g/mol. The fraction of sp³-hybridized carbons (Fsp3) is 0.577. The number of rotatable bonds is 5. The molecule has 0 bridgehead atoms. The fourth-order valence-electron chi connectivity index (χ4n) is 5.41. The van der Waals surface area contributed by atoms with Gasteiger partial charge in [-0.3, -0.25) is 14.6 Å². The van der Waals surface area contributed by atoms with E-state index in [0.29, 0.717) is 50.1 Å². The van der Waals surface area contributed by atoms with E-state index in [4.69, 9.17) is 5.73 Å². The van der Waals surface area contributed by atoms with E-state index >= 15 is 0 Å². The number of hydrogen-bond acceptors (Lipinski definition) is 6. The van der Waals surface area contributed by atoms with E-state index in [-0.39, 0.29) is 35.2 Å². The van der Waals surface area contributed by atoms with Crippen molar-refractivity contribution >= 4 is 28.4 Å². The number of alkyl halides is 3. The Labute approximate surface area is 214 Å². The summed E-state index contributed by atoms with van der Waals surface area (Å²) in [4.78, 5) is 33.1. The molecule has 0 unspecified atom stereocenters. The lowest BCUT2D eigenvalue weighted by atomic mass is 9.92.